The summed E-state index contributed by atoms with van der Waals surface area (Å²) in [7, 11) is 0. The highest BCUT2D eigenvalue weighted by Crippen LogP contribution is 2.40. The van der Waals surface area contributed by atoms with Gasteiger partial charge in [0.25, 0.3) is 0 Å². The molecule has 6 aromatic rings. The number of hydrogen-bond donors (Lipinski definition) is 0. The summed E-state index contributed by atoms with van der Waals surface area (Å²) in [5.74, 6) is 0. The quantitative estimate of drug-likeness (QED) is 0.324. The second-order valence-electron chi connectivity index (χ2n) is 6.61. The lowest BCUT2D eigenvalue weighted by atomic mass is 10.0. The monoisotopic (exact) mass is 395 g/mol. The van der Waals surface area contributed by atoms with Gasteiger partial charge in [0.1, 0.15) is 6.33 Å². The van der Waals surface area contributed by atoms with Gasteiger partial charge >= 0.3 is 0 Å². The van der Waals surface area contributed by atoms with Crippen LogP contribution in [-0.4, -0.2) is 15.0 Å². The van der Waals surface area contributed by atoms with E-state index in [1.54, 1.807) is 17.7 Å². The van der Waals surface area contributed by atoms with E-state index < -0.39 is 0 Å². The van der Waals surface area contributed by atoms with E-state index in [9.17, 15) is 0 Å². The van der Waals surface area contributed by atoms with Crippen LogP contribution < -0.4 is 0 Å². The van der Waals surface area contributed by atoms with Gasteiger partial charge in [0, 0.05) is 42.1 Å². The van der Waals surface area contributed by atoms with Crippen molar-refractivity contribution in [3.05, 3.63) is 77.9 Å². The maximum absolute atomic E-state index is 4.67. The maximum atomic E-state index is 4.67. The molecule has 0 amide bonds. The Labute approximate surface area is 169 Å². The van der Waals surface area contributed by atoms with E-state index >= 15 is 0 Å². The van der Waals surface area contributed by atoms with E-state index in [1.807, 2.05) is 16.8 Å². The molecule has 0 atom stereocenters. The predicted octanol–water partition coefficient (Wildman–Crippen LogP) is 6.79. The van der Waals surface area contributed by atoms with E-state index in [1.165, 1.54) is 20.2 Å². The molecule has 3 nitrogen and oxygen atoms in total. The smallest absolute Gasteiger partial charge is 0.116 e. The third-order valence-electron chi connectivity index (χ3n) is 5.02. The molecule has 0 radical (unpaired) electrons. The standard InChI is InChI=1S/C23H13N3S2/c1-2-7-21-15(4-1)16-5-3-6-18(23(16)28-21)22-17-9-8-14(20-11-27-13-26-20)10-19(17)24-12-25-22/h1-13H. The van der Waals surface area contributed by atoms with Crippen molar-refractivity contribution in [1.29, 1.82) is 0 Å². The van der Waals surface area contributed by atoms with Crippen molar-refractivity contribution in [3.8, 4) is 22.5 Å². The van der Waals surface area contributed by atoms with Gasteiger partial charge in [-0.2, -0.15) is 0 Å². The average Bonchev–Trinajstić information content (AvgIpc) is 3.41. The molecule has 0 aliphatic rings. The molecule has 6 rings (SSSR count). The summed E-state index contributed by atoms with van der Waals surface area (Å²) in [6, 6.07) is 21.4. The third-order valence-corrected chi connectivity index (χ3v) is 6.83. The Kier molecular flexibility index (Phi) is 3.51. The number of benzene rings is 3. The highest BCUT2D eigenvalue weighted by Gasteiger charge is 2.14. The van der Waals surface area contributed by atoms with Gasteiger partial charge in [0.05, 0.1) is 22.4 Å². The maximum Gasteiger partial charge on any atom is 0.116 e. The Morgan fingerprint density at radius 2 is 1.68 bits per heavy atom. The van der Waals surface area contributed by atoms with Crippen LogP contribution in [0, 0.1) is 0 Å². The highest BCUT2D eigenvalue weighted by atomic mass is 32.1. The second-order valence-corrected chi connectivity index (χ2v) is 8.38. The number of hydrogen-bond acceptors (Lipinski definition) is 5. The molecule has 0 saturated heterocycles. The third kappa shape index (κ3) is 2.37. The van der Waals surface area contributed by atoms with E-state index in [0.717, 1.165) is 33.4 Å². The van der Waals surface area contributed by atoms with Gasteiger partial charge < -0.3 is 0 Å². The molecule has 132 valence electrons. The highest BCUT2D eigenvalue weighted by molar-refractivity contribution is 7.26. The molecule has 28 heavy (non-hydrogen) atoms. The van der Waals surface area contributed by atoms with Crippen LogP contribution in [0.15, 0.2) is 77.9 Å². The fourth-order valence-electron chi connectivity index (χ4n) is 3.72. The molecular weight excluding hydrogens is 382 g/mol. The lowest BCUT2D eigenvalue weighted by Crippen LogP contribution is -1.90. The van der Waals surface area contributed by atoms with Gasteiger partial charge in [-0.25, -0.2) is 15.0 Å². The zero-order valence-corrected chi connectivity index (χ0v) is 16.3. The zero-order chi connectivity index (χ0) is 18.5. The molecule has 0 spiro atoms. The fraction of sp³-hybridized carbons (Fsp3) is 0. The van der Waals surface area contributed by atoms with Gasteiger partial charge in [-0.15, -0.1) is 22.7 Å². The second kappa shape index (κ2) is 6.19. The predicted molar refractivity (Wildman–Crippen MR) is 119 cm³/mol. The van der Waals surface area contributed by atoms with Crippen LogP contribution in [0.2, 0.25) is 0 Å². The number of thiazole rings is 1. The Morgan fingerprint density at radius 1 is 0.750 bits per heavy atom. The van der Waals surface area contributed by atoms with Crippen LogP contribution in [0.4, 0.5) is 0 Å². The Balaban J connectivity index is 1.62. The molecule has 0 N–H and O–H groups in total. The molecule has 3 heterocycles. The molecule has 0 saturated carbocycles. The Bertz CT molecular complexity index is 1470. The van der Waals surface area contributed by atoms with E-state index in [-0.39, 0.29) is 0 Å². The summed E-state index contributed by atoms with van der Waals surface area (Å²) >= 11 is 3.42. The number of aromatic nitrogens is 3. The van der Waals surface area contributed by atoms with Crippen molar-refractivity contribution >= 4 is 53.7 Å². The Morgan fingerprint density at radius 3 is 2.61 bits per heavy atom. The molecule has 0 aliphatic heterocycles. The molecule has 5 heteroatoms. The van der Waals surface area contributed by atoms with Crippen LogP contribution in [-0.2, 0) is 0 Å². The van der Waals surface area contributed by atoms with Crippen LogP contribution >= 0.6 is 22.7 Å². The minimum Gasteiger partial charge on any atom is -0.245 e. The summed E-state index contributed by atoms with van der Waals surface area (Å²) in [5, 5.41) is 5.70. The van der Waals surface area contributed by atoms with Crippen molar-refractivity contribution in [2.75, 3.05) is 0 Å². The molecule has 3 aromatic heterocycles. The molecule has 0 bridgehead atoms. The lowest BCUT2D eigenvalue weighted by Gasteiger charge is -2.08. The number of fused-ring (bicyclic) bond motifs is 4. The normalized spacial score (nSPS) is 11.6. The number of thiophene rings is 1. The van der Waals surface area contributed by atoms with Gasteiger partial charge in [0.15, 0.2) is 0 Å². The molecule has 0 fully saturated rings. The zero-order valence-electron chi connectivity index (χ0n) is 14.7. The van der Waals surface area contributed by atoms with E-state index in [2.05, 4.69) is 81.0 Å². The van der Waals surface area contributed by atoms with Gasteiger partial charge in [0.2, 0.25) is 0 Å². The minimum absolute atomic E-state index is 0.939. The van der Waals surface area contributed by atoms with Crippen molar-refractivity contribution in [2.45, 2.75) is 0 Å². The van der Waals surface area contributed by atoms with Crippen molar-refractivity contribution in [2.24, 2.45) is 0 Å². The molecule has 3 aromatic carbocycles. The van der Waals surface area contributed by atoms with Crippen LogP contribution in [0.5, 0.6) is 0 Å². The fourth-order valence-corrected chi connectivity index (χ4v) is 5.50. The lowest BCUT2D eigenvalue weighted by molar-refractivity contribution is 1.23. The summed E-state index contributed by atoms with van der Waals surface area (Å²) in [4.78, 5) is 13.6. The molecule has 0 aliphatic carbocycles. The van der Waals surface area contributed by atoms with Gasteiger partial charge in [-0.3, -0.25) is 0 Å². The average molecular weight is 396 g/mol. The largest absolute Gasteiger partial charge is 0.245 e. The van der Waals surface area contributed by atoms with Crippen molar-refractivity contribution in [3.63, 3.8) is 0 Å². The first-order valence-electron chi connectivity index (χ1n) is 8.92. The summed E-state index contributed by atoms with van der Waals surface area (Å²) in [5.41, 5.74) is 7.00. The molecule has 0 unspecified atom stereocenters. The summed E-state index contributed by atoms with van der Waals surface area (Å²) in [6.45, 7) is 0. The van der Waals surface area contributed by atoms with Crippen molar-refractivity contribution < 1.29 is 0 Å². The first kappa shape index (κ1) is 15.9. The van der Waals surface area contributed by atoms with Gasteiger partial charge in [-0.05, 0) is 18.2 Å². The van der Waals surface area contributed by atoms with E-state index in [0.29, 0.717) is 0 Å². The van der Waals surface area contributed by atoms with Crippen molar-refractivity contribution in [1.82, 2.24) is 15.0 Å². The first-order chi connectivity index (χ1) is 13.9. The number of rotatable bonds is 2. The van der Waals surface area contributed by atoms with Crippen LogP contribution in [0.3, 0.4) is 0 Å². The summed E-state index contributed by atoms with van der Waals surface area (Å²) < 4.78 is 2.57. The summed E-state index contributed by atoms with van der Waals surface area (Å²) in [6.07, 6.45) is 1.66. The first-order valence-corrected chi connectivity index (χ1v) is 10.7. The Hall–Kier alpha value is -3.15. The van der Waals surface area contributed by atoms with Crippen LogP contribution in [0.25, 0.3) is 53.6 Å². The van der Waals surface area contributed by atoms with Gasteiger partial charge in [-0.1, -0.05) is 42.5 Å². The number of nitrogens with zero attached hydrogens (tertiary/aromatic N) is 3. The molecular formula is C23H13N3S2. The van der Waals surface area contributed by atoms with E-state index in [4.69, 9.17) is 0 Å². The SMILES string of the molecule is c1ccc2c(c1)sc1c(-c3ncnc4cc(-c5cscn5)ccc34)cccc12. The minimum atomic E-state index is 0.939. The van der Waals surface area contributed by atoms with Crippen LogP contribution in [0.1, 0.15) is 0 Å². The topological polar surface area (TPSA) is 38.7 Å².